The molecule has 1 atom stereocenters. The molecule has 3 rings (SSSR count). The molecule has 0 unspecified atom stereocenters. The molecule has 0 fully saturated rings. The molecule has 0 radical (unpaired) electrons. The summed E-state index contributed by atoms with van der Waals surface area (Å²) in [7, 11) is 3.20. The van der Waals surface area contributed by atoms with Gasteiger partial charge in [0.1, 0.15) is 11.5 Å². The van der Waals surface area contributed by atoms with Gasteiger partial charge >= 0.3 is 0 Å². The maximum absolute atomic E-state index is 12.4. The summed E-state index contributed by atoms with van der Waals surface area (Å²) in [6.45, 7) is 1.90. The number of carbonyl (C=O) groups is 1. The van der Waals surface area contributed by atoms with Crippen molar-refractivity contribution in [2.75, 3.05) is 20.0 Å². The lowest BCUT2D eigenvalue weighted by Crippen LogP contribution is -2.28. The van der Waals surface area contributed by atoms with Gasteiger partial charge in [0.2, 0.25) is 11.1 Å². The van der Waals surface area contributed by atoms with Gasteiger partial charge in [0.25, 0.3) is 0 Å². The lowest BCUT2D eigenvalue weighted by molar-refractivity contribution is -0.119. The third kappa shape index (κ3) is 4.83. The predicted octanol–water partition coefficient (Wildman–Crippen LogP) is 3.46. The SMILES string of the molecule is COc1ccc(OC)c([C@@H](C)NC(=O)CSc2n[nH]c(-c3ccccc3)n2)c1. The van der Waals surface area contributed by atoms with E-state index in [2.05, 4.69) is 20.5 Å². The largest absolute Gasteiger partial charge is 0.497 e. The minimum Gasteiger partial charge on any atom is -0.497 e. The topological polar surface area (TPSA) is 89.1 Å². The van der Waals surface area contributed by atoms with Crippen LogP contribution in [0.3, 0.4) is 0 Å². The number of aromatic nitrogens is 3. The van der Waals surface area contributed by atoms with Crippen molar-refractivity contribution in [3.63, 3.8) is 0 Å². The minimum atomic E-state index is -0.231. The number of carbonyl (C=O) groups excluding carboxylic acids is 1. The van der Waals surface area contributed by atoms with E-state index in [0.717, 1.165) is 11.1 Å². The maximum Gasteiger partial charge on any atom is 0.230 e. The van der Waals surface area contributed by atoms with Gasteiger partial charge in [-0.1, -0.05) is 42.1 Å². The van der Waals surface area contributed by atoms with Crippen LogP contribution in [-0.4, -0.2) is 41.1 Å². The summed E-state index contributed by atoms with van der Waals surface area (Å²) < 4.78 is 10.6. The zero-order valence-corrected chi connectivity index (χ0v) is 16.7. The highest BCUT2D eigenvalue weighted by Gasteiger charge is 2.16. The number of hydrogen-bond acceptors (Lipinski definition) is 6. The Balaban J connectivity index is 1.58. The number of rotatable bonds is 8. The highest BCUT2D eigenvalue weighted by Crippen LogP contribution is 2.29. The normalized spacial score (nSPS) is 11.7. The highest BCUT2D eigenvalue weighted by atomic mass is 32.2. The van der Waals surface area contributed by atoms with Crippen LogP contribution in [0.15, 0.2) is 53.7 Å². The molecule has 0 aliphatic rings. The van der Waals surface area contributed by atoms with E-state index >= 15 is 0 Å². The maximum atomic E-state index is 12.4. The zero-order valence-electron chi connectivity index (χ0n) is 15.9. The fourth-order valence-corrected chi connectivity index (χ4v) is 3.31. The third-order valence-electron chi connectivity index (χ3n) is 4.13. The number of nitrogens with zero attached hydrogens (tertiary/aromatic N) is 2. The summed E-state index contributed by atoms with van der Waals surface area (Å²) in [5, 5.41) is 10.6. The fourth-order valence-electron chi connectivity index (χ4n) is 2.70. The van der Waals surface area contributed by atoms with E-state index < -0.39 is 0 Å². The summed E-state index contributed by atoms with van der Waals surface area (Å²) in [6.07, 6.45) is 0. The van der Waals surface area contributed by atoms with Crippen LogP contribution in [0.4, 0.5) is 0 Å². The number of H-pyrrole nitrogens is 1. The van der Waals surface area contributed by atoms with Crippen LogP contribution >= 0.6 is 11.8 Å². The first-order valence-corrected chi connectivity index (χ1v) is 9.71. The van der Waals surface area contributed by atoms with Crippen LogP contribution in [0.5, 0.6) is 11.5 Å². The molecule has 1 heterocycles. The molecule has 0 saturated heterocycles. The van der Waals surface area contributed by atoms with Crippen molar-refractivity contribution in [3.8, 4) is 22.9 Å². The first-order chi connectivity index (χ1) is 13.6. The molecule has 2 N–H and O–H groups in total. The Morgan fingerprint density at radius 3 is 2.68 bits per heavy atom. The Bertz CT molecular complexity index is 930. The number of hydrogen-bond donors (Lipinski definition) is 2. The van der Waals surface area contributed by atoms with Gasteiger partial charge in [-0.15, -0.1) is 5.10 Å². The van der Waals surface area contributed by atoms with E-state index in [1.165, 1.54) is 11.8 Å². The highest BCUT2D eigenvalue weighted by molar-refractivity contribution is 7.99. The van der Waals surface area contributed by atoms with Crippen LogP contribution in [0.25, 0.3) is 11.4 Å². The average Bonchev–Trinajstić information content (AvgIpc) is 3.21. The number of ether oxygens (including phenoxy) is 2. The van der Waals surface area contributed by atoms with Crippen molar-refractivity contribution in [3.05, 3.63) is 54.1 Å². The quantitative estimate of drug-likeness (QED) is 0.565. The second-order valence-corrected chi connectivity index (χ2v) is 6.96. The molecule has 0 saturated carbocycles. The van der Waals surface area contributed by atoms with Crippen LogP contribution in [0.2, 0.25) is 0 Å². The van der Waals surface area contributed by atoms with Crippen molar-refractivity contribution in [1.82, 2.24) is 20.5 Å². The molecule has 0 bridgehead atoms. The van der Waals surface area contributed by atoms with E-state index in [1.54, 1.807) is 14.2 Å². The Kier molecular flexibility index (Phi) is 6.54. The Hall–Kier alpha value is -3.00. The number of methoxy groups -OCH3 is 2. The van der Waals surface area contributed by atoms with Crippen molar-refractivity contribution in [1.29, 1.82) is 0 Å². The van der Waals surface area contributed by atoms with Gasteiger partial charge in [0.05, 0.1) is 26.0 Å². The first kappa shape index (κ1) is 19.8. The monoisotopic (exact) mass is 398 g/mol. The van der Waals surface area contributed by atoms with Crippen LogP contribution in [0, 0.1) is 0 Å². The summed E-state index contributed by atoms with van der Waals surface area (Å²) in [5.74, 6) is 2.18. The molecule has 3 aromatic rings. The van der Waals surface area contributed by atoms with Gasteiger partial charge in [0.15, 0.2) is 5.82 Å². The van der Waals surface area contributed by atoms with Crippen molar-refractivity contribution in [2.24, 2.45) is 0 Å². The Morgan fingerprint density at radius 1 is 1.18 bits per heavy atom. The van der Waals surface area contributed by atoms with Gasteiger partial charge in [-0.05, 0) is 25.1 Å². The average molecular weight is 398 g/mol. The van der Waals surface area contributed by atoms with Crippen molar-refractivity contribution in [2.45, 2.75) is 18.1 Å². The molecule has 1 aromatic heterocycles. The van der Waals surface area contributed by atoms with Gasteiger partial charge in [-0.2, -0.15) is 0 Å². The number of benzene rings is 2. The molecule has 28 heavy (non-hydrogen) atoms. The molecule has 146 valence electrons. The zero-order chi connectivity index (χ0) is 19.9. The van der Waals surface area contributed by atoms with Crippen LogP contribution in [0.1, 0.15) is 18.5 Å². The minimum absolute atomic E-state index is 0.117. The second-order valence-electron chi connectivity index (χ2n) is 6.02. The molecule has 0 aliphatic heterocycles. The smallest absolute Gasteiger partial charge is 0.230 e. The van der Waals surface area contributed by atoms with Crippen molar-refractivity contribution < 1.29 is 14.3 Å². The fraction of sp³-hybridized carbons (Fsp3) is 0.250. The number of thioether (sulfide) groups is 1. The molecule has 1 amide bonds. The summed E-state index contributed by atoms with van der Waals surface area (Å²) in [5.41, 5.74) is 1.80. The number of amides is 1. The molecule has 0 aliphatic carbocycles. The van der Waals surface area contributed by atoms with E-state index in [-0.39, 0.29) is 17.7 Å². The second kappa shape index (κ2) is 9.27. The van der Waals surface area contributed by atoms with E-state index in [1.807, 2.05) is 55.5 Å². The standard InChI is InChI=1S/C20H22N4O3S/c1-13(16-11-15(26-2)9-10-17(16)27-3)21-18(25)12-28-20-22-19(23-24-20)14-7-5-4-6-8-14/h4-11,13H,12H2,1-3H3,(H,21,25)(H,22,23,24)/t13-/m1/s1. The molecule has 8 heteroatoms. The van der Waals surface area contributed by atoms with Crippen LogP contribution in [-0.2, 0) is 4.79 Å². The Morgan fingerprint density at radius 2 is 1.96 bits per heavy atom. The number of aromatic amines is 1. The lowest BCUT2D eigenvalue weighted by Gasteiger charge is -2.18. The van der Waals surface area contributed by atoms with Gasteiger partial charge in [-0.25, -0.2) is 4.98 Å². The van der Waals surface area contributed by atoms with E-state index in [0.29, 0.717) is 22.5 Å². The molecular formula is C20H22N4O3S. The van der Waals surface area contributed by atoms with Crippen LogP contribution < -0.4 is 14.8 Å². The summed E-state index contributed by atoms with van der Waals surface area (Å²) in [4.78, 5) is 16.8. The van der Waals surface area contributed by atoms with Crippen molar-refractivity contribution >= 4 is 17.7 Å². The van der Waals surface area contributed by atoms with E-state index in [9.17, 15) is 4.79 Å². The van der Waals surface area contributed by atoms with Gasteiger partial charge in [-0.3, -0.25) is 9.89 Å². The molecule has 0 spiro atoms. The number of nitrogens with one attached hydrogen (secondary N) is 2. The predicted molar refractivity (Wildman–Crippen MR) is 109 cm³/mol. The summed E-state index contributed by atoms with van der Waals surface area (Å²) >= 11 is 1.28. The Labute approximate surface area is 167 Å². The molecule has 2 aromatic carbocycles. The van der Waals surface area contributed by atoms with E-state index in [4.69, 9.17) is 9.47 Å². The van der Waals surface area contributed by atoms with Gasteiger partial charge < -0.3 is 14.8 Å². The third-order valence-corrected chi connectivity index (χ3v) is 4.97. The molecule has 7 nitrogen and oxygen atoms in total. The molecular weight excluding hydrogens is 376 g/mol. The summed E-state index contributed by atoms with van der Waals surface area (Å²) in [6, 6.07) is 15.0. The van der Waals surface area contributed by atoms with Gasteiger partial charge in [0, 0.05) is 11.1 Å². The lowest BCUT2D eigenvalue weighted by atomic mass is 10.1. The first-order valence-electron chi connectivity index (χ1n) is 8.72.